The molecule has 0 unspecified atom stereocenters. The molecular formula is C17H16ClFN6O3. The van der Waals surface area contributed by atoms with Crippen LogP contribution >= 0.6 is 11.6 Å². The summed E-state index contributed by atoms with van der Waals surface area (Å²) in [5.41, 5.74) is 0.905. The van der Waals surface area contributed by atoms with Gasteiger partial charge in [-0.05, 0) is 24.6 Å². The van der Waals surface area contributed by atoms with E-state index in [1.807, 2.05) is 0 Å². The van der Waals surface area contributed by atoms with Crippen molar-refractivity contribution in [2.45, 2.75) is 26.4 Å². The summed E-state index contributed by atoms with van der Waals surface area (Å²) in [4.78, 5) is 22.4. The van der Waals surface area contributed by atoms with Crippen LogP contribution in [0.5, 0.6) is 0 Å². The lowest BCUT2D eigenvalue weighted by atomic mass is 10.2. The molecule has 0 bridgehead atoms. The summed E-state index contributed by atoms with van der Waals surface area (Å²) in [6.07, 6.45) is 3.04. The Kier molecular flexibility index (Phi) is 5.69. The monoisotopic (exact) mass is 406 g/mol. The molecule has 0 aliphatic rings. The van der Waals surface area contributed by atoms with Gasteiger partial charge in [0.1, 0.15) is 17.7 Å². The van der Waals surface area contributed by atoms with E-state index in [4.69, 9.17) is 11.6 Å². The standard InChI is InChI=1S/C17H16ClFN6O3/c1-11-15(25(27)28)10-24(21-11)7-5-17(26)20-16-4-6-23(22-16)9-12-2-3-13(19)8-14(12)18/h2-4,6,8,10H,5,7,9H2,1H3,(H,20,22,26). The summed E-state index contributed by atoms with van der Waals surface area (Å²) in [5, 5.41) is 22.0. The fourth-order valence-electron chi connectivity index (χ4n) is 2.56. The molecule has 0 radical (unpaired) electrons. The third-order valence-corrected chi connectivity index (χ3v) is 4.29. The van der Waals surface area contributed by atoms with Gasteiger partial charge in [-0.15, -0.1) is 0 Å². The first-order chi connectivity index (χ1) is 13.3. The topological polar surface area (TPSA) is 108 Å². The molecule has 146 valence electrons. The van der Waals surface area contributed by atoms with Crippen LogP contribution in [0.25, 0.3) is 0 Å². The van der Waals surface area contributed by atoms with Gasteiger partial charge in [0.05, 0.1) is 11.5 Å². The van der Waals surface area contributed by atoms with Crippen LogP contribution in [0, 0.1) is 22.9 Å². The van der Waals surface area contributed by atoms with Crippen molar-refractivity contribution in [2.24, 2.45) is 0 Å². The Morgan fingerprint density at radius 3 is 2.79 bits per heavy atom. The Hall–Kier alpha value is -3.27. The van der Waals surface area contributed by atoms with Crippen molar-refractivity contribution < 1.29 is 14.1 Å². The van der Waals surface area contributed by atoms with E-state index in [-0.39, 0.29) is 24.6 Å². The normalized spacial score (nSPS) is 10.8. The fourth-order valence-corrected chi connectivity index (χ4v) is 2.79. The van der Waals surface area contributed by atoms with Crippen LogP contribution in [-0.4, -0.2) is 30.4 Å². The number of nitro groups is 1. The highest BCUT2D eigenvalue weighted by atomic mass is 35.5. The van der Waals surface area contributed by atoms with Crippen LogP contribution in [0.2, 0.25) is 5.02 Å². The van der Waals surface area contributed by atoms with E-state index in [9.17, 15) is 19.3 Å². The van der Waals surface area contributed by atoms with E-state index >= 15 is 0 Å². The number of nitrogens with one attached hydrogen (secondary N) is 1. The second-order valence-corrected chi connectivity index (χ2v) is 6.46. The molecule has 3 aromatic rings. The lowest BCUT2D eigenvalue weighted by Crippen LogP contribution is -2.15. The summed E-state index contributed by atoms with van der Waals surface area (Å²) in [5.74, 6) is -0.369. The maximum atomic E-state index is 13.1. The molecule has 2 heterocycles. The summed E-state index contributed by atoms with van der Waals surface area (Å²) in [6.45, 7) is 2.06. The number of aryl methyl sites for hydroxylation is 2. The summed E-state index contributed by atoms with van der Waals surface area (Å²) >= 11 is 6.00. The van der Waals surface area contributed by atoms with Crippen molar-refractivity contribution in [1.82, 2.24) is 19.6 Å². The number of benzene rings is 1. The molecule has 0 aliphatic carbocycles. The van der Waals surface area contributed by atoms with E-state index in [0.29, 0.717) is 28.6 Å². The van der Waals surface area contributed by atoms with Crippen LogP contribution in [0.4, 0.5) is 15.9 Å². The highest BCUT2D eigenvalue weighted by Crippen LogP contribution is 2.19. The Bertz CT molecular complexity index is 1030. The number of nitrogens with zero attached hydrogens (tertiary/aromatic N) is 5. The van der Waals surface area contributed by atoms with E-state index in [1.54, 1.807) is 23.0 Å². The van der Waals surface area contributed by atoms with Crippen LogP contribution in [0.15, 0.2) is 36.7 Å². The molecule has 0 aliphatic heterocycles. The van der Waals surface area contributed by atoms with Gasteiger partial charge in [0.15, 0.2) is 5.82 Å². The number of carbonyl (C=O) groups excluding carboxylic acids is 1. The third kappa shape index (κ3) is 4.71. The highest BCUT2D eigenvalue weighted by molar-refractivity contribution is 6.31. The van der Waals surface area contributed by atoms with Crippen LogP contribution in [-0.2, 0) is 17.9 Å². The molecule has 0 spiro atoms. The number of halogens is 2. The quantitative estimate of drug-likeness (QED) is 0.479. The largest absolute Gasteiger partial charge is 0.309 e. The minimum atomic E-state index is -0.515. The Morgan fingerprint density at radius 1 is 1.32 bits per heavy atom. The number of carbonyl (C=O) groups is 1. The molecule has 11 heteroatoms. The van der Waals surface area contributed by atoms with Gasteiger partial charge < -0.3 is 5.32 Å². The predicted octanol–water partition coefficient (Wildman–Crippen LogP) is 3.17. The van der Waals surface area contributed by atoms with Crippen molar-refractivity contribution in [3.63, 3.8) is 0 Å². The lowest BCUT2D eigenvalue weighted by molar-refractivity contribution is -0.385. The van der Waals surface area contributed by atoms with Crippen molar-refractivity contribution in [1.29, 1.82) is 0 Å². The minimum absolute atomic E-state index is 0.0783. The van der Waals surface area contributed by atoms with E-state index < -0.39 is 10.7 Å². The van der Waals surface area contributed by atoms with Gasteiger partial charge in [0.25, 0.3) is 0 Å². The number of rotatable bonds is 7. The Morgan fingerprint density at radius 2 is 2.11 bits per heavy atom. The summed E-state index contributed by atoms with van der Waals surface area (Å²) in [6, 6.07) is 5.74. The van der Waals surface area contributed by atoms with E-state index in [1.165, 1.54) is 29.9 Å². The molecule has 0 atom stereocenters. The third-order valence-electron chi connectivity index (χ3n) is 3.94. The molecule has 1 aromatic carbocycles. The molecule has 2 aromatic heterocycles. The fraction of sp³-hybridized carbons (Fsp3) is 0.235. The van der Waals surface area contributed by atoms with E-state index in [2.05, 4.69) is 15.5 Å². The maximum Gasteiger partial charge on any atom is 0.309 e. The zero-order valence-electron chi connectivity index (χ0n) is 14.8. The average molecular weight is 407 g/mol. The van der Waals surface area contributed by atoms with Crippen LogP contribution < -0.4 is 5.32 Å². The molecule has 28 heavy (non-hydrogen) atoms. The molecule has 0 fully saturated rings. The van der Waals surface area contributed by atoms with Crippen molar-refractivity contribution in [2.75, 3.05) is 5.32 Å². The first kappa shape index (κ1) is 19.5. The molecule has 1 N–H and O–H groups in total. The lowest BCUT2D eigenvalue weighted by Gasteiger charge is -2.05. The second-order valence-electron chi connectivity index (χ2n) is 6.05. The molecule has 0 saturated carbocycles. The second kappa shape index (κ2) is 8.17. The first-order valence-electron chi connectivity index (χ1n) is 8.27. The predicted molar refractivity (Wildman–Crippen MR) is 99.6 cm³/mol. The highest BCUT2D eigenvalue weighted by Gasteiger charge is 2.16. The number of anilines is 1. The molecule has 1 amide bonds. The van der Waals surface area contributed by atoms with Crippen LogP contribution in [0.3, 0.4) is 0 Å². The van der Waals surface area contributed by atoms with Gasteiger partial charge in [0.2, 0.25) is 5.91 Å². The molecule has 3 rings (SSSR count). The van der Waals surface area contributed by atoms with Crippen molar-refractivity contribution in [3.8, 4) is 0 Å². The van der Waals surface area contributed by atoms with Crippen LogP contribution in [0.1, 0.15) is 17.7 Å². The maximum absolute atomic E-state index is 13.1. The Labute approximate surface area is 163 Å². The van der Waals surface area contributed by atoms with Crippen molar-refractivity contribution >= 4 is 29.0 Å². The number of amides is 1. The van der Waals surface area contributed by atoms with Gasteiger partial charge in [-0.1, -0.05) is 17.7 Å². The zero-order valence-corrected chi connectivity index (χ0v) is 15.6. The van der Waals surface area contributed by atoms with Gasteiger partial charge in [0, 0.05) is 30.3 Å². The smallest absolute Gasteiger partial charge is 0.309 e. The van der Waals surface area contributed by atoms with Crippen molar-refractivity contribution in [3.05, 3.63) is 68.9 Å². The number of hydrogen-bond donors (Lipinski definition) is 1. The minimum Gasteiger partial charge on any atom is -0.309 e. The summed E-state index contributed by atoms with van der Waals surface area (Å²) in [7, 11) is 0. The van der Waals surface area contributed by atoms with Gasteiger partial charge in [-0.25, -0.2) is 4.39 Å². The summed E-state index contributed by atoms with van der Waals surface area (Å²) < 4.78 is 16.0. The Balaban J connectivity index is 1.55. The molecule has 9 nitrogen and oxygen atoms in total. The van der Waals surface area contributed by atoms with Gasteiger partial charge in [-0.2, -0.15) is 10.2 Å². The zero-order chi connectivity index (χ0) is 20.3. The van der Waals surface area contributed by atoms with E-state index in [0.717, 1.165) is 0 Å². The molecule has 0 saturated heterocycles. The number of aromatic nitrogens is 4. The molecular weight excluding hydrogens is 391 g/mol. The van der Waals surface area contributed by atoms with Gasteiger partial charge >= 0.3 is 5.69 Å². The number of hydrogen-bond acceptors (Lipinski definition) is 5. The average Bonchev–Trinajstić information content (AvgIpc) is 3.22. The first-order valence-corrected chi connectivity index (χ1v) is 8.65. The SMILES string of the molecule is Cc1nn(CCC(=O)Nc2ccn(Cc3ccc(F)cc3Cl)n2)cc1[N+](=O)[O-]. The van der Waals surface area contributed by atoms with Gasteiger partial charge in [-0.3, -0.25) is 24.3 Å².